The van der Waals surface area contributed by atoms with Crippen molar-refractivity contribution < 1.29 is 0 Å². The van der Waals surface area contributed by atoms with Gasteiger partial charge in [-0.3, -0.25) is 0 Å². The molecule has 0 fully saturated rings. The first-order valence-corrected chi connectivity index (χ1v) is 7.97. The fourth-order valence-electron chi connectivity index (χ4n) is 4.09. The van der Waals surface area contributed by atoms with Gasteiger partial charge in [0, 0.05) is 23.2 Å². The van der Waals surface area contributed by atoms with Crippen LogP contribution in [-0.2, 0) is 0 Å². The maximum absolute atomic E-state index is 3.75. The molecule has 2 aliphatic rings. The molecular formula is C21H17N. The third-order valence-electron chi connectivity index (χ3n) is 5.03. The first kappa shape index (κ1) is 12.0. The number of hydrogen-bond acceptors (Lipinski definition) is 0. The molecule has 2 bridgehead atoms. The van der Waals surface area contributed by atoms with Crippen molar-refractivity contribution in [2.75, 3.05) is 0 Å². The van der Waals surface area contributed by atoms with Gasteiger partial charge in [0.1, 0.15) is 0 Å². The van der Waals surface area contributed by atoms with Crippen LogP contribution >= 0.6 is 0 Å². The molecule has 0 aliphatic heterocycles. The Labute approximate surface area is 130 Å². The summed E-state index contributed by atoms with van der Waals surface area (Å²) in [6.45, 7) is 0. The van der Waals surface area contributed by atoms with Crippen LogP contribution in [0.5, 0.6) is 0 Å². The number of hydrogen-bond donors (Lipinski definition) is 1. The Bertz CT molecular complexity index is 786. The van der Waals surface area contributed by atoms with E-state index in [9.17, 15) is 0 Å². The van der Waals surface area contributed by atoms with Crippen LogP contribution in [0.2, 0.25) is 0 Å². The maximum Gasteiger partial charge on any atom is 0.0500 e. The fourth-order valence-corrected chi connectivity index (χ4v) is 4.09. The number of aromatic nitrogens is 1. The van der Waals surface area contributed by atoms with Gasteiger partial charge in [-0.2, -0.15) is 0 Å². The van der Waals surface area contributed by atoms with Gasteiger partial charge in [-0.15, -0.1) is 0 Å². The second-order valence-corrected chi connectivity index (χ2v) is 6.27. The molecule has 0 saturated heterocycles. The van der Waals surface area contributed by atoms with Crippen LogP contribution < -0.4 is 0 Å². The van der Waals surface area contributed by atoms with Gasteiger partial charge in [-0.25, -0.2) is 0 Å². The number of nitrogens with one attached hydrogen (secondary N) is 1. The monoisotopic (exact) mass is 283 g/mol. The number of fused-ring (bicyclic) bond motifs is 5. The molecule has 1 heterocycles. The average Bonchev–Trinajstić information content (AvgIpc) is 3.29. The van der Waals surface area contributed by atoms with Gasteiger partial charge < -0.3 is 4.98 Å². The van der Waals surface area contributed by atoms with Crippen LogP contribution in [0.25, 0.3) is 22.5 Å². The smallest absolute Gasteiger partial charge is 0.0500 e. The number of aromatic amines is 1. The first-order chi connectivity index (χ1) is 10.9. The summed E-state index contributed by atoms with van der Waals surface area (Å²) < 4.78 is 0. The van der Waals surface area contributed by atoms with Gasteiger partial charge in [0.05, 0.1) is 0 Å². The summed E-state index contributed by atoms with van der Waals surface area (Å²) in [5.74, 6) is 1.17. The average molecular weight is 283 g/mol. The number of rotatable bonds is 2. The number of H-pyrrole nitrogens is 1. The lowest BCUT2D eigenvalue weighted by Gasteiger charge is -2.09. The van der Waals surface area contributed by atoms with Gasteiger partial charge >= 0.3 is 0 Å². The SMILES string of the molecule is C1=CC2CC1c1c(-c3ccccc3)[nH]c(-c3ccccc3)c12. The molecular weight excluding hydrogens is 266 g/mol. The van der Waals surface area contributed by atoms with Crippen LogP contribution in [0.4, 0.5) is 0 Å². The molecule has 0 spiro atoms. The van der Waals surface area contributed by atoms with E-state index in [-0.39, 0.29) is 0 Å². The van der Waals surface area contributed by atoms with Crippen LogP contribution in [0, 0.1) is 0 Å². The Morgan fingerprint density at radius 1 is 0.636 bits per heavy atom. The lowest BCUT2D eigenvalue weighted by molar-refractivity contribution is 0.799. The highest BCUT2D eigenvalue weighted by molar-refractivity contribution is 5.80. The topological polar surface area (TPSA) is 15.8 Å². The molecule has 1 heteroatoms. The van der Waals surface area contributed by atoms with E-state index in [1.165, 1.54) is 40.1 Å². The molecule has 3 aromatic rings. The molecule has 2 aliphatic carbocycles. The van der Waals surface area contributed by atoms with E-state index in [0.29, 0.717) is 11.8 Å². The van der Waals surface area contributed by atoms with E-state index < -0.39 is 0 Å². The van der Waals surface area contributed by atoms with Gasteiger partial charge in [0.25, 0.3) is 0 Å². The van der Waals surface area contributed by atoms with Crippen LogP contribution in [0.3, 0.4) is 0 Å². The third kappa shape index (κ3) is 1.59. The van der Waals surface area contributed by atoms with E-state index in [1.54, 1.807) is 0 Å². The highest BCUT2D eigenvalue weighted by Gasteiger charge is 2.38. The number of allylic oxidation sites excluding steroid dienone is 2. The fraction of sp³-hybridized carbons (Fsp3) is 0.143. The zero-order chi connectivity index (χ0) is 14.5. The van der Waals surface area contributed by atoms with E-state index >= 15 is 0 Å². The molecule has 2 atom stereocenters. The van der Waals surface area contributed by atoms with Gasteiger partial charge in [0.2, 0.25) is 0 Å². The highest BCUT2D eigenvalue weighted by Crippen LogP contribution is 2.55. The quantitative estimate of drug-likeness (QED) is 0.599. The van der Waals surface area contributed by atoms with E-state index in [0.717, 1.165) is 0 Å². The van der Waals surface area contributed by atoms with E-state index in [2.05, 4.69) is 77.8 Å². The molecule has 2 unspecified atom stereocenters. The summed E-state index contributed by atoms with van der Waals surface area (Å²) in [4.78, 5) is 3.75. The van der Waals surface area contributed by atoms with Crippen LogP contribution in [0.15, 0.2) is 72.8 Å². The normalized spacial score (nSPS) is 21.3. The largest absolute Gasteiger partial charge is 0.354 e. The van der Waals surface area contributed by atoms with Crippen molar-refractivity contribution >= 4 is 0 Å². The van der Waals surface area contributed by atoms with E-state index in [4.69, 9.17) is 0 Å². The number of benzene rings is 2. The van der Waals surface area contributed by atoms with Gasteiger partial charge in [-0.1, -0.05) is 72.8 Å². The minimum absolute atomic E-state index is 0.587. The Morgan fingerprint density at radius 3 is 1.55 bits per heavy atom. The molecule has 1 aromatic heterocycles. The molecule has 0 saturated carbocycles. The minimum Gasteiger partial charge on any atom is -0.354 e. The molecule has 2 aromatic carbocycles. The summed E-state index contributed by atoms with van der Waals surface area (Å²) in [6.07, 6.45) is 6.03. The van der Waals surface area contributed by atoms with Crippen molar-refractivity contribution in [3.05, 3.63) is 83.9 Å². The Hall–Kier alpha value is -2.54. The Morgan fingerprint density at radius 2 is 1.09 bits per heavy atom. The summed E-state index contributed by atoms with van der Waals surface area (Å²) in [6, 6.07) is 21.5. The molecule has 106 valence electrons. The Kier molecular flexibility index (Phi) is 2.45. The van der Waals surface area contributed by atoms with Gasteiger partial charge in [-0.05, 0) is 28.7 Å². The van der Waals surface area contributed by atoms with E-state index in [1.807, 2.05) is 0 Å². The summed E-state index contributed by atoms with van der Waals surface area (Å²) >= 11 is 0. The first-order valence-electron chi connectivity index (χ1n) is 7.97. The predicted octanol–water partition coefficient (Wildman–Crippen LogP) is 5.49. The van der Waals surface area contributed by atoms with Crippen molar-refractivity contribution in [2.45, 2.75) is 18.3 Å². The van der Waals surface area contributed by atoms with Crippen molar-refractivity contribution in [2.24, 2.45) is 0 Å². The van der Waals surface area contributed by atoms with Crippen molar-refractivity contribution in [1.82, 2.24) is 4.98 Å². The Balaban J connectivity index is 1.78. The maximum atomic E-state index is 3.75. The van der Waals surface area contributed by atoms with Crippen LogP contribution in [0.1, 0.15) is 29.4 Å². The summed E-state index contributed by atoms with van der Waals surface area (Å²) in [7, 11) is 0. The highest BCUT2D eigenvalue weighted by atomic mass is 14.8. The predicted molar refractivity (Wildman–Crippen MR) is 90.9 cm³/mol. The molecule has 0 amide bonds. The molecule has 1 nitrogen and oxygen atoms in total. The summed E-state index contributed by atoms with van der Waals surface area (Å²) in [5.41, 5.74) is 8.26. The standard InChI is InChI=1S/C21H17N/c1-3-7-14(8-4-1)20-18-16-11-12-17(13-16)19(18)21(22-20)15-9-5-2-6-10-15/h1-12,16-17,22H,13H2. The van der Waals surface area contributed by atoms with Crippen molar-refractivity contribution in [1.29, 1.82) is 0 Å². The molecule has 1 N–H and O–H groups in total. The second kappa shape index (κ2) is 4.48. The van der Waals surface area contributed by atoms with Crippen molar-refractivity contribution in [3.8, 4) is 22.5 Å². The lowest BCUT2D eigenvalue weighted by atomic mass is 9.93. The molecule has 22 heavy (non-hydrogen) atoms. The second-order valence-electron chi connectivity index (χ2n) is 6.27. The summed E-state index contributed by atoms with van der Waals surface area (Å²) in [5, 5.41) is 0. The minimum atomic E-state index is 0.587. The molecule has 0 radical (unpaired) electrons. The molecule has 5 rings (SSSR count). The van der Waals surface area contributed by atoms with Gasteiger partial charge in [0.15, 0.2) is 0 Å². The zero-order valence-electron chi connectivity index (χ0n) is 12.3. The van der Waals surface area contributed by atoms with Crippen LogP contribution in [-0.4, -0.2) is 4.98 Å². The zero-order valence-corrected chi connectivity index (χ0v) is 12.3. The van der Waals surface area contributed by atoms with Crippen molar-refractivity contribution in [3.63, 3.8) is 0 Å². The third-order valence-corrected chi connectivity index (χ3v) is 5.03. The lowest BCUT2D eigenvalue weighted by Crippen LogP contribution is -1.91.